The van der Waals surface area contributed by atoms with E-state index < -0.39 is 64.5 Å². The lowest BCUT2D eigenvalue weighted by Crippen LogP contribution is -2.73. The highest BCUT2D eigenvalue weighted by Crippen LogP contribution is 2.44. The molecule has 0 radical (unpaired) electrons. The number of para-hydroxylation sites is 1. The first-order valence-electron chi connectivity index (χ1n) is 10.6. The molecular formula is C22H28Cl3NO9. The van der Waals surface area contributed by atoms with E-state index in [1.54, 1.807) is 45.0 Å². The third-order valence-corrected chi connectivity index (χ3v) is 6.43. The number of rotatable bonds is 7. The summed E-state index contributed by atoms with van der Waals surface area (Å²) in [4.78, 5) is 12.7. The van der Waals surface area contributed by atoms with Gasteiger partial charge in [-0.3, -0.25) is 5.41 Å². The Balaban J connectivity index is 1.86. The van der Waals surface area contributed by atoms with E-state index in [4.69, 9.17) is 78.1 Å². The summed E-state index contributed by atoms with van der Waals surface area (Å²) in [6, 6.07) is 8.72. The van der Waals surface area contributed by atoms with Crippen molar-refractivity contribution in [1.29, 1.82) is 5.41 Å². The maximum absolute atomic E-state index is 12.7. The van der Waals surface area contributed by atoms with Gasteiger partial charge >= 0.3 is 5.97 Å². The van der Waals surface area contributed by atoms with Crippen LogP contribution in [0.15, 0.2) is 30.3 Å². The van der Waals surface area contributed by atoms with Crippen LogP contribution < -0.4 is 4.74 Å². The van der Waals surface area contributed by atoms with Gasteiger partial charge in [0.25, 0.3) is 3.79 Å². The average molecular weight is 557 g/mol. The predicted octanol–water partition coefficient (Wildman–Crippen LogP) is 3.60. The number of carbonyl (C=O) groups excluding carboxylic acids is 1. The molecule has 0 unspecified atom stereocenters. The van der Waals surface area contributed by atoms with E-state index in [1.807, 2.05) is 6.07 Å². The van der Waals surface area contributed by atoms with Crippen LogP contribution in [0, 0.1) is 5.41 Å². The third-order valence-electron chi connectivity index (χ3n) is 5.91. The van der Waals surface area contributed by atoms with Gasteiger partial charge in [-0.2, -0.15) is 0 Å². The molecule has 1 aromatic rings. The summed E-state index contributed by atoms with van der Waals surface area (Å²) in [5.41, 5.74) is 0. The minimum atomic E-state index is -2.17. The van der Waals surface area contributed by atoms with Crippen molar-refractivity contribution in [2.45, 2.75) is 66.8 Å². The first kappa shape index (κ1) is 28.2. The average Bonchev–Trinajstić information content (AvgIpc) is 2.81. The maximum atomic E-state index is 12.7. The molecule has 0 amide bonds. The molecule has 0 aliphatic carbocycles. The Morgan fingerprint density at radius 3 is 2.14 bits per heavy atom. The molecule has 10 nitrogen and oxygen atoms in total. The van der Waals surface area contributed by atoms with E-state index in [2.05, 4.69) is 0 Å². The quantitative estimate of drug-likeness (QED) is 0.233. The molecule has 0 aromatic heterocycles. The fourth-order valence-electron chi connectivity index (χ4n) is 3.72. The second-order valence-electron chi connectivity index (χ2n) is 8.18. The zero-order chi connectivity index (χ0) is 26.0. The number of benzene rings is 1. The Labute approximate surface area is 218 Å². The Kier molecular flexibility index (Phi) is 8.81. The van der Waals surface area contributed by atoms with Crippen molar-refractivity contribution >= 4 is 46.7 Å². The van der Waals surface area contributed by atoms with Gasteiger partial charge in [-0.25, -0.2) is 4.79 Å². The molecule has 1 aromatic carbocycles. The lowest BCUT2D eigenvalue weighted by Gasteiger charge is -2.56. The van der Waals surface area contributed by atoms with Crippen LogP contribution in [0.5, 0.6) is 5.75 Å². The number of ether oxygens (including phenoxy) is 8. The van der Waals surface area contributed by atoms with Crippen molar-refractivity contribution in [1.82, 2.24) is 0 Å². The largest absolute Gasteiger partial charge is 0.482 e. The number of fused-ring (bicyclic) bond motifs is 1. The van der Waals surface area contributed by atoms with Crippen molar-refractivity contribution in [3.8, 4) is 5.75 Å². The second-order valence-corrected chi connectivity index (χ2v) is 10.5. The normalized spacial score (nSPS) is 35.0. The van der Waals surface area contributed by atoms with Gasteiger partial charge in [-0.05, 0) is 32.9 Å². The van der Waals surface area contributed by atoms with E-state index in [0.717, 1.165) is 0 Å². The predicted molar refractivity (Wildman–Crippen MR) is 126 cm³/mol. The van der Waals surface area contributed by atoms with Crippen LogP contribution in [0.4, 0.5) is 0 Å². The molecule has 2 heterocycles. The molecule has 13 heteroatoms. The highest BCUT2D eigenvalue weighted by molar-refractivity contribution is 6.76. The van der Waals surface area contributed by atoms with Crippen LogP contribution in [0.3, 0.4) is 0 Å². The fourth-order valence-corrected chi connectivity index (χ4v) is 3.85. The molecule has 0 bridgehead atoms. The van der Waals surface area contributed by atoms with Gasteiger partial charge in [0.1, 0.15) is 18.0 Å². The van der Waals surface area contributed by atoms with Gasteiger partial charge in [0, 0.05) is 14.2 Å². The van der Waals surface area contributed by atoms with Crippen LogP contribution in [0.1, 0.15) is 20.8 Å². The van der Waals surface area contributed by atoms with Crippen molar-refractivity contribution in [2.24, 2.45) is 0 Å². The molecule has 2 fully saturated rings. The van der Waals surface area contributed by atoms with E-state index >= 15 is 0 Å². The molecule has 1 N–H and O–H groups in total. The van der Waals surface area contributed by atoms with E-state index in [0.29, 0.717) is 5.75 Å². The van der Waals surface area contributed by atoms with E-state index in [-0.39, 0.29) is 0 Å². The van der Waals surface area contributed by atoms with Gasteiger partial charge in [0.2, 0.25) is 23.8 Å². The Bertz CT molecular complexity index is 902. The van der Waals surface area contributed by atoms with Gasteiger partial charge in [-0.1, -0.05) is 53.0 Å². The van der Waals surface area contributed by atoms with E-state index in [1.165, 1.54) is 14.2 Å². The molecule has 2 saturated heterocycles. The van der Waals surface area contributed by atoms with Gasteiger partial charge in [0.15, 0.2) is 12.7 Å². The number of alkyl halides is 3. The van der Waals surface area contributed by atoms with Crippen molar-refractivity contribution in [3.05, 3.63) is 30.3 Å². The molecule has 3 rings (SSSR count). The summed E-state index contributed by atoms with van der Waals surface area (Å²) in [5.74, 6) is -3.76. The monoisotopic (exact) mass is 555 g/mol. The maximum Gasteiger partial charge on any atom is 0.344 e. The number of hydrogen-bond donors (Lipinski definition) is 1. The zero-order valence-electron chi connectivity index (χ0n) is 19.8. The number of carbonyl (C=O) groups is 1. The van der Waals surface area contributed by atoms with Crippen LogP contribution in [-0.4, -0.2) is 78.8 Å². The number of hydrogen-bond acceptors (Lipinski definition) is 10. The van der Waals surface area contributed by atoms with E-state index in [9.17, 15) is 4.79 Å². The Hall–Kier alpha value is -1.37. The molecule has 7 atom stereocenters. The SMILES string of the molecule is CO[C@]1(C)O[C@@H]2[C@@H](O[C@@]1(C)OC)[C@H](C)O[C@@H](OC(=N)C(Cl)(Cl)Cl)[C@@H]2OC(=O)COc1ccccc1. The van der Waals surface area contributed by atoms with Crippen LogP contribution in [0.25, 0.3) is 0 Å². The summed E-state index contributed by atoms with van der Waals surface area (Å²) >= 11 is 17.3. The van der Waals surface area contributed by atoms with Crippen LogP contribution in [0.2, 0.25) is 0 Å². The number of methoxy groups -OCH3 is 2. The number of nitrogens with one attached hydrogen (secondary N) is 1. The van der Waals surface area contributed by atoms with Crippen molar-refractivity contribution in [3.63, 3.8) is 0 Å². The smallest absolute Gasteiger partial charge is 0.344 e. The number of esters is 1. The molecule has 196 valence electrons. The van der Waals surface area contributed by atoms with Gasteiger partial charge in [0.05, 0.1) is 6.10 Å². The van der Waals surface area contributed by atoms with Crippen LogP contribution >= 0.6 is 34.8 Å². The first-order valence-corrected chi connectivity index (χ1v) is 11.8. The molecular weight excluding hydrogens is 529 g/mol. The molecule has 0 saturated carbocycles. The van der Waals surface area contributed by atoms with Gasteiger partial charge < -0.3 is 37.9 Å². The Morgan fingerprint density at radius 2 is 1.60 bits per heavy atom. The third kappa shape index (κ3) is 6.14. The van der Waals surface area contributed by atoms with Crippen molar-refractivity contribution in [2.75, 3.05) is 20.8 Å². The lowest BCUT2D eigenvalue weighted by molar-refractivity contribution is -0.476. The minimum absolute atomic E-state index is 0.416. The minimum Gasteiger partial charge on any atom is -0.482 e. The molecule has 2 aliphatic heterocycles. The summed E-state index contributed by atoms with van der Waals surface area (Å²) < 4.78 is 43.9. The summed E-state index contributed by atoms with van der Waals surface area (Å²) in [6.45, 7) is 4.54. The Morgan fingerprint density at radius 1 is 1.03 bits per heavy atom. The number of halogens is 3. The molecule has 0 spiro atoms. The highest BCUT2D eigenvalue weighted by atomic mass is 35.6. The highest BCUT2D eigenvalue weighted by Gasteiger charge is 2.63. The first-order chi connectivity index (χ1) is 16.3. The van der Waals surface area contributed by atoms with Crippen molar-refractivity contribution < 1.29 is 42.7 Å². The zero-order valence-corrected chi connectivity index (χ0v) is 22.1. The summed E-state index contributed by atoms with van der Waals surface area (Å²) in [5, 5.41) is 7.97. The summed E-state index contributed by atoms with van der Waals surface area (Å²) in [7, 11) is 2.87. The standard InChI is InChI=1S/C22H28Cl3NO9/c1-12-15-16(35-21(3,29-5)20(2,28-4)34-15)17(18(31-12)33-19(26)22(23,24)25)32-14(27)11-30-13-9-7-6-8-10-13/h6-10,12,15-18,26H,11H2,1-5H3/t12-,15-,16+,17+,18-,20+,21+/m0/s1. The van der Waals surface area contributed by atoms with Crippen LogP contribution in [-0.2, 0) is 38.0 Å². The molecule has 2 aliphatic rings. The van der Waals surface area contributed by atoms with Gasteiger partial charge in [-0.15, -0.1) is 0 Å². The second kappa shape index (κ2) is 10.9. The topological polar surface area (TPSA) is 115 Å². The molecule has 35 heavy (non-hydrogen) atoms. The summed E-state index contributed by atoms with van der Waals surface area (Å²) in [6.07, 6.45) is -5.04. The lowest BCUT2D eigenvalue weighted by atomic mass is 9.94. The fraction of sp³-hybridized carbons (Fsp3) is 0.636.